The normalized spacial score (nSPS) is 12.9. The van der Waals surface area contributed by atoms with Gasteiger partial charge in [0.15, 0.2) is 0 Å². The van der Waals surface area contributed by atoms with Gasteiger partial charge in [-0.25, -0.2) is 0 Å². The highest BCUT2D eigenvalue weighted by Gasteiger charge is 2.18. The highest BCUT2D eigenvalue weighted by molar-refractivity contribution is 5.76. The molecule has 2 unspecified atom stereocenters. The molecule has 0 aromatic heterocycles. The standard InChI is InChI=1S/C63H117NO5/c1-3-5-7-9-11-13-15-17-19-21-22-25-29-33-37-41-45-49-53-57-63(68)69-58-54-50-46-42-38-34-30-26-23-24-28-32-36-40-44-48-52-56-62(67)64-60(59-65)61(66)55-51-47-43-39-35-31-27-20-18-16-14-12-10-8-6-4-2/h17,19,23,26,34,38,51,55,60-61,65-66H,3-16,18,20-22,24-25,27-33,35-37,39-50,52-54,56-59H2,1-2H3,(H,64,67)/b19-17-,26-23-,38-34-,55-51+. The Morgan fingerprint density at radius 1 is 0.406 bits per heavy atom. The summed E-state index contributed by atoms with van der Waals surface area (Å²) in [7, 11) is 0. The number of nitrogens with one attached hydrogen (secondary N) is 1. The van der Waals surface area contributed by atoms with Crippen LogP contribution in [0.1, 0.15) is 316 Å². The molecule has 3 N–H and O–H groups in total. The molecule has 1 amide bonds. The van der Waals surface area contributed by atoms with Crippen molar-refractivity contribution < 1.29 is 24.5 Å². The maximum atomic E-state index is 12.5. The van der Waals surface area contributed by atoms with Crippen LogP contribution in [0.4, 0.5) is 0 Å². The Morgan fingerprint density at radius 3 is 1.12 bits per heavy atom. The summed E-state index contributed by atoms with van der Waals surface area (Å²) in [5, 5.41) is 23.1. The first-order chi connectivity index (χ1) is 34.0. The fourth-order valence-corrected chi connectivity index (χ4v) is 9.13. The van der Waals surface area contributed by atoms with E-state index in [4.69, 9.17) is 4.74 Å². The molecule has 0 aliphatic carbocycles. The zero-order chi connectivity index (χ0) is 50.0. The Bertz CT molecular complexity index is 1160. The second kappa shape index (κ2) is 58.4. The molecular formula is C63H117NO5. The summed E-state index contributed by atoms with van der Waals surface area (Å²) in [6.07, 6.45) is 74.3. The van der Waals surface area contributed by atoms with Gasteiger partial charge in [0.05, 0.1) is 25.4 Å². The molecule has 404 valence electrons. The number of unbranched alkanes of at least 4 members (excludes halogenated alkanes) is 39. The molecule has 6 heteroatoms. The van der Waals surface area contributed by atoms with Gasteiger partial charge in [0.2, 0.25) is 5.91 Å². The van der Waals surface area contributed by atoms with Gasteiger partial charge in [-0.15, -0.1) is 0 Å². The van der Waals surface area contributed by atoms with Gasteiger partial charge in [0.1, 0.15) is 0 Å². The summed E-state index contributed by atoms with van der Waals surface area (Å²) in [4.78, 5) is 24.5. The highest BCUT2D eigenvalue weighted by atomic mass is 16.5. The van der Waals surface area contributed by atoms with Crippen LogP contribution in [0.5, 0.6) is 0 Å². The number of aliphatic hydroxyl groups excluding tert-OH is 2. The molecule has 0 aromatic rings. The third-order valence-electron chi connectivity index (χ3n) is 13.8. The zero-order valence-corrected chi connectivity index (χ0v) is 46.0. The molecule has 0 radical (unpaired) electrons. The number of aliphatic hydroxyl groups is 2. The Morgan fingerprint density at radius 2 is 0.725 bits per heavy atom. The van der Waals surface area contributed by atoms with E-state index in [1.54, 1.807) is 6.08 Å². The molecule has 0 saturated carbocycles. The van der Waals surface area contributed by atoms with Crippen LogP contribution < -0.4 is 5.32 Å². The predicted octanol–water partition coefficient (Wildman–Crippen LogP) is 19.0. The second-order valence-corrected chi connectivity index (χ2v) is 20.7. The van der Waals surface area contributed by atoms with Crippen LogP contribution in [0.15, 0.2) is 48.6 Å². The lowest BCUT2D eigenvalue weighted by molar-refractivity contribution is -0.143. The molecule has 0 aliphatic rings. The smallest absolute Gasteiger partial charge is 0.305 e. The first kappa shape index (κ1) is 66.8. The molecule has 0 fully saturated rings. The van der Waals surface area contributed by atoms with E-state index in [0.29, 0.717) is 19.4 Å². The molecule has 0 bridgehead atoms. The monoisotopic (exact) mass is 968 g/mol. The van der Waals surface area contributed by atoms with Crippen LogP contribution in [0.25, 0.3) is 0 Å². The first-order valence-electron chi connectivity index (χ1n) is 30.4. The molecule has 69 heavy (non-hydrogen) atoms. The number of hydrogen-bond acceptors (Lipinski definition) is 5. The van der Waals surface area contributed by atoms with Gasteiger partial charge in [0.25, 0.3) is 0 Å². The average Bonchev–Trinajstić information content (AvgIpc) is 3.35. The van der Waals surface area contributed by atoms with Gasteiger partial charge in [-0.3, -0.25) is 9.59 Å². The summed E-state index contributed by atoms with van der Waals surface area (Å²) in [5.74, 6) is -0.101. The Hall–Kier alpha value is -2.18. The average molecular weight is 969 g/mol. The van der Waals surface area contributed by atoms with Gasteiger partial charge >= 0.3 is 5.97 Å². The minimum absolute atomic E-state index is 0.0171. The number of amides is 1. The van der Waals surface area contributed by atoms with Crippen molar-refractivity contribution in [2.75, 3.05) is 13.2 Å². The van der Waals surface area contributed by atoms with Gasteiger partial charge in [-0.05, 0) is 96.3 Å². The van der Waals surface area contributed by atoms with Crippen molar-refractivity contribution in [2.24, 2.45) is 0 Å². The lowest BCUT2D eigenvalue weighted by Gasteiger charge is -2.20. The van der Waals surface area contributed by atoms with Crippen molar-refractivity contribution >= 4 is 11.9 Å². The number of rotatable bonds is 56. The number of allylic oxidation sites excluding steroid dienone is 7. The maximum Gasteiger partial charge on any atom is 0.305 e. The summed E-state index contributed by atoms with van der Waals surface area (Å²) in [5.41, 5.74) is 0. The second-order valence-electron chi connectivity index (χ2n) is 20.7. The summed E-state index contributed by atoms with van der Waals surface area (Å²) >= 11 is 0. The number of carbonyl (C=O) groups is 2. The molecule has 0 rings (SSSR count). The number of carbonyl (C=O) groups excluding carboxylic acids is 2. The van der Waals surface area contributed by atoms with Crippen molar-refractivity contribution in [1.29, 1.82) is 0 Å². The van der Waals surface area contributed by atoms with Crippen LogP contribution in [-0.4, -0.2) is 47.4 Å². The lowest BCUT2D eigenvalue weighted by Crippen LogP contribution is -2.45. The maximum absolute atomic E-state index is 12.5. The first-order valence-corrected chi connectivity index (χ1v) is 30.4. The van der Waals surface area contributed by atoms with Crippen molar-refractivity contribution in [1.82, 2.24) is 5.32 Å². The van der Waals surface area contributed by atoms with Crippen LogP contribution in [0.3, 0.4) is 0 Å². The summed E-state index contributed by atoms with van der Waals surface area (Å²) in [6.45, 7) is 4.86. The summed E-state index contributed by atoms with van der Waals surface area (Å²) in [6, 6.07) is -0.641. The van der Waals surface area contributed by atoms with Gasteiger partial charge in [-0.2, -0.15) is 0 Å². The number of hydrogen-bond donors (Lipinski definition) is 3. The van der Waals surface area contributed by atoms with E-state index < -0.39 is 12.1 Å². The third-order valence-corrected chi connectivity index (χ3v) is 13.8. The highest BCUT2D eigenvalue weighted by Crippen LogP contribution is 2.16. The minimum Gasteiger partial charge on any atom is -0.466 e. The van der Waals surface area contributed by atoms with Crippen LogP contribution in [0.2, 0.25) is 0 Å². The van der Waals surface area contributed by atoms with E-state index in [1.807, 2.05) is 6.08 Å². The fourth-order valence-electron chi connectivity index (χ4n) is 9.13. The molecule has 6 nitrogen and oxygen atoms in total. The zero-order valence-electron chi connectivity index (χ0n) is 46.0. The van der Waals surface area contributed by atoms with Crippen LogP contribution >= 0.6 is 0 Å². The number of esters is 1. The number of ether oxygens (including phenoxy) is 1. The topological polar surface area (TPSA) is 95.9 Å². The van der Waals surface area contributed by atoms with E-state index in [-0.39, 0.29) is 18.5 Å². The molecular weight excluding hydrogens is 851 g/mol. The SMILES string of the molecule is CCCCCCCC/C=C\CCCCCCCCCCCC(=O)OCCCCC/C=C\C/C=C\CCCCCCCCCC(=O)NC(CO)C(O)/C=C/CCCCCCCCCCCCCCCC. The largest absolute Gasteiger partial charge is 0.466 e. The van der Waals surface area contributed by atoms with Crippen molar-refractivity contribution in [3.05, 3.63) is 48.6 Å². The third kappa shape index (κ3) is 55.0. The van der Waals surface area contributed by atoms with E-state index >= 15 is 0 Å². The quantitative estimate of drug-likeness (QED) is 0.0321. The van der Waals surface area contributed by atoms with Crippen molar-refractivity contribution in [3.8, 4) is 0 Å². The van der Waals surface area contributed by atoms with E-state index in [1.165, 1.54) is 205 Å². The molecule has 0 spiro atoms. The van der Waals surface area contributed by atoms with Gasteiger partial charge in [0, 0.05) is 12.8 Å². The fraction of sp³-hybridized carbons (Fsp3) is 0.841. The summed E-state index contributed by atoms with van der Waals surface area (Å²) < 4.78 is 5.47. The molecule has 0 aromatic carbocycles. The van der Waals surface area contributed by atoms with Crippen molar-refractivity contribution in [2.45, 2.75) is 328 Å². The van der Waals surface area contributed by atoms with E-state index in [9.17, 15) is 19.8 Å². The molecule has 0 heterocycles. The Balaban J connectivity index is 3.51. The Kier molecular flexibility index (Phi) is 56.5. The lowest BCUT2D eigenvalue weighted by atomic mass is 10.0. The molecule has 0 aliphatic heterocycles. The van der Waals surface area contributed by atoms with E-state index in [0.717, 1.165) is 83.5 Å². The minimum atomic E-state index is -0.856. The predicted molar refractivity (Wildman–Crippen MR) is 301 cm³/mol. The molecule has 2 atom stereocenters. The van der Waals surface area contributed by atoms with Crippen LogP contribution in [0, 0.1) is 0 Å². The van der Waals surface area contributed by atoms with Gasteiger partial charge in [-0.1, -0.05) is 255 Å². The van der Waals surface area contributed by atoms with Gasteiger partial charge < -0.3 is 20.3 Å². The van der Waals surface area contributed by atoms with Crippen LogP contribution in [-0.2, 0) is 14.3 Å². The van der Waals surface area contributed by atoms with E-state index in [2.05, 4.69) is 55.6 Å². The Labute approximate surface area is 429 Å². The van der Waals surface area contributed by atoms with Crippen molar-refractivity contribution in [3.63, 3.8) is 0 Å². The molecule has 0 saturated heterocycles.